The van der Waals surface area contributed by atoms with E-state index in [1.54, 1.807) is 0 Å². The molecule has 2 heterocycles. The van der Waals surface area contributed by atoms with Gasteiger partial charge in [-0.2, -0.15) is 13.2 Å². The SMILES string of the molecule is CC1CN(C2(C)CCN(C(=O)O)CC2)CCN1C1CC(=O)c2cc(C(F)(F)F)ccc21. The fourth-order valence-corrected chi connectivity index (χ4v) is 5.38. The number of fused-ring (bicyclic) bond motifs is 1. The van der Waals surface area contributed by atoms with Crippen molar-refractivity contribution in [2.75, 3.05) is 32.7 Å². The Hall–Kier alpha value is -2.13. The summed E-state index contributed by atoms with van der Waals surface area (Å²) in [5.74, 6) is -0.228. The predicted octanol–water partition coefficient (Wildman–Crippen LogP) is 3.87. The number of ketones is 1. The van der Waals surface area contributed by atoms with Crippen molar-refractivity contribution in [3.63, 3.8) is 0 Å². The summed E-state index contributed by atoms with van der Waals surface area (Å²) in [6.45, 7) is 7.60. The zero-order valence-electron chi connectivity index (χ0n) is 17.8. The van der Waals surface area contributed by atoms with Crippen LogP contribution in [0.25, 0.3) is 0 Å². The monoisotopic (exact) mass is 439 g/mol. The highest BCUT2D eigenvalue weighted by molar-refractivity contribution is 6.01. The van der Waals surface area contributed by atoms with Gasteiger partial charge in [0.05, 0.1) is 5.56 Å². The normalized spacial score (nSPS) is 27.4. The lowest BCUT2D eigenvalue weighted by Gasteiger charge is -2.52. The van der Waals surface area contributed by atoms with Crippen LogP contribution < -0.4 is 0 Å². The Balaban J connectivity index is 1.46. The minimum Gasteiger partial charge on any atom is -0.465 e. The predicted molar refractivity (Wildman–Crippen MR) is 108 cm³/mol. The van der Waals surface area contributed by atoms with E-state index in [2.05, 4.69) is 23.6 Å². The molecule has 2 saturated heterocycles. The minimum atomic E-state index is -4.46. The van der Waals surface area contributed by atoms with Crippen LogP contribution in [0.1, 0.15) is 60.6 Å². The lowest BCUT2D eigenvalue weighted by Crippen LogP contribution is -2.62. The molecule has 1 aliphatic carbocycles. The number of piperidine rings is 1. The Morgan fingerprint density at radius 3 is 2.42 bits per heavy atom. The summed E-state index contributed by atoms with van der Waals surface area (Å²) in [6.07, 6.45) is -3.57. The van der Waals surface area contributed by atoms with Crippen molar-refractivity contribution in [1.29, 1.82) is 0 Å². The number of carboxylic acid groups (broad SMARTS) is 1. The number of carbonyl (C=O) groups excluding carboxylic acids is 1. The van der Waals surface area contributed by atoms with Crippen LogP contribution in [0, 0.1) is 0 Å². The molecule has 1 N–H and O–H groups in total. The average Bonchev–Trinajstić information content (AvgIpc) is 3.03. The number of nitrogens with zero attached hydrogens (tertiary/aromatic N) is 3. The topological polar surface area (TPSA) is 64.1 Å². The molecule has 6 nitrogen and oxygen atoms in total. The summed E-state index contributed by atoms with van der Waals surface area (Å²) in [7, 11) is 0. The molecular weight excluding hydrogens is 411 g/mol. The van der Waals surface area contributed by atoms with E-state index in [0.717, 1.165) is 44.6 Å². The quantitative estimate of drug-likeness (QED) is 0.758. The summed E-state index contributed by atoms with van der Waals surface area (Å²) >= 11 is 0. The molecule has 1 aromatic carbocycles. The first kappa shape index (κ1) is 22.1. The molecule has 0 saturated carbocycles. The van der Waals surface area contributed by atoms with Crippen LogP contribution in [-0.4, -0.2) is 76.0 Å². The molecule has 0 bridgehead atoms. The number of halogens is 3. The van der Waals surface area contributed by atoms with Crippen molar-refractivity contribution in [2.45, 2.75) is 56.9 Å². The fourth-order valence-electron chi connectivity index (χ4n) is 5.38. The number of likely N-dealkylation sites (tertiary alicyclic amines) is 1. The molecule has 3 aliphatic rings. The van der Waals surface area contributed by atoms with Gasteiger partial charge in [-0.15, -0.1) is 0 Å². The molecule has 2 unspecified atom stereocenters. The number of amides is 1. The van der Waals surface area contributed by atoms with Crippen LogP contribution in [0.3, 0.4) is 0 Å². The summed E-state index contributed by atoms with van der Waals surface area (Å²) in [5.41, 5.74) is 0.0394. The third kappa shape index (κ3) is 4.05. The molecule has 9 heteroatoms. The van der Waals surface area contributed by atoms with Crippen molar-refractivity contribution < 1.29 is 27.9 Å². The Morgan fingerprint density at radius 1 is 1.16 bits per heavy atom. The maximum absolute atomic E-state index is 13.1. The van der Waals surface area contributed by atoms with Gasteiger partial charge in [0, 0.05) is 62.3 Å². The average molecular weight is 439 g/mol. The molecule has 4 rings (SSSR count). The zero-order valence-corrected chi connectivity index (χ0v) is 17.8. The van der Waals surface area contributed by atoms with E-state index >= 15 is 0 Å². The van der Waals surface area contributed by atoms with Crippen molar-refractivity contribution in [1.82, 2.24) is 14.7 Å². The number of rotatable bonds is 2. The van der Waals surface area contributed by atoms with E-state index in [4.69, 9.17) is 0 Å². The van der Waals surface area contributed by atoms with E-state index in [-0.39, 0.29) is 35.4 Å². The molecule has 170 valence electrons. The number of Topliss-reactive ketones (excluding diaryl/α,β-unsaturated/α-hetero) is 1. The summed E-state index contributed by atoms with van der Waals surface area (Å²) < 4.78 is 39.2. The van der Waals surface area contributed by atoms with E-state index in [1.165, 1.54) is 11.0 Å². The molecule has 0 radical (unpaired) electrons. The largest absolute Gasteiger partial charge is 0.465 e. The second-order valence-electron chi connectivity index (χ2n) is 9.24. The van der Waals surface area contributed by atoms with Gasteiger partial charge in [0.15, 0.2) is 5.78 Å². The number of benzene rings is 1. The first-order chi connectivity index (χ1) is 14.5. The molecule has 31 heavy (non-hydrogen) atoms. The molecule has 0 spiro atoms. The Bertz CT molecular complexity index is 880. The summed E-state index contributed by atoms with van der Waals surface area (Å²) in [5, 5.41) is 9.20. The number of carbonyl (C=O) groups is 2. The Morgan fingerprint density at radius 2 is 1.84 bits per heavy atom. The molecule has 1 aromatic rings. The van der Waals surface area contributed by atoms with Gasteiger partial charge in [-0.1, -0.05) is 6.07 Å². The smallest absolute Gasteiger partial charge is 0.416 e. The van der Waals surface area contributed by atoms with Gasteiger partial charge in [-0.3, -0.25) is 14.6 Å². The standard InChI is InChI=1S/C22H28F3N3O3/c1-14-13-27(21(2)5-7-26(8-6-21)20(30)31)9-10-28(14)18-12-19(29)17-11-15(22(23,24)25)3-4-16(17)18/h3-4,11,14,18H,5-10,12-13H2,1-2H3,(H,30,31). The first-order valence-electron chi connectivity index (χ1n) is 10.7. The van der Waals surface area contributed by atoms with Crippen LogP contribution in [0.4, 0.5) is 18.0 Å². The molecular formula is C22H28F3N3O3. The van der Waals surface area contributed by atoms with Gasteiger partial charge in [-0.25, -0.2) is 4.79 Å². The highest BCUT2D eigenvalue weighted by Crippen LogP contribution is 2.41. The minimum absolute atomic E-state index is 0.0721. The third-order valence-electron chi connectivity index (χ3n) is 7.37. The van der Waals surface area contributed by atoms with E-state index in [0.29, 0.717) is 18.7 Å². The van der Waals surface area contributed by atoms with Crippen LogP contribution in [0.2, 0.25) is 0 Å². The van der Waals surface area contributed by atoms with Gasteiger partial charge >= 0.3 is 12.3 Å². The van der Waals surface area contributed by atoms with Crippen LogP contribution >= 0.6 is 0 Å². The molecule has 2 atom stereocenters. The second kappa shape index (κ2) is 7.78. The summed E-state index contributed by atoms with van der Waals surface area (Å²) in [6, 6.07) is 3.48. The number of alkyl halides is 3. The van der Waals surface area contributed by atoms with Crippen molar-refractivity contribution in [3.05, 3.63) is 34.9 Å². The molecule has 2 fully saturated rings. The number of piperazine rings is 1. The highest BCUT2D eigenvalue weighted by atomic mass is 19.4. The van der Waals surface area contributed by atoms with Gasteiger partial charge in [0.25, 0.3) is 0 Å². The molecule has 1 amide bonds. The number of hydrogen-bond acceptors (Lipinski definition) is 4. The third-order valence-corrected chi connectivity index (χ3v) is 7.37. The molecule has 2 aliphatic heterocycles. The van der Waals surface area contributed by atoms with Crippen LogP contribution in [-0.2, 0) is 6.18 Å². The lowest BCUT2D eigenvalue weighted by atomic mass is 9.86. The van der Waals surface area contributed by atoms with Crippen molar-refractivity contribution in [2.24, 2.45) is 0 Å². The van der Waals surface area contributed by atoms with Crippen LogP contribution in [0.5, 0.6) is 0 Å². The Kier molecular flexibility index (Phi) is 5.54. The fraction of sp³-hybridized carbons (Fsp3) is 0.636. The van der Waals surface area contributed by atoms with Crippen molar-refractivity contribution in [3.8, 4) is 0 Å². The van der Waals surface area contributed by atoms with E-state index in [9.17, 15) is 27.9 Å². The van der Waals surface area contributed by atoms with Crippen molar-refractivity contribution >= 4 is 11.9 Å². The number of hydrogen-bond donors (Lipinski definition) is 1. The lowest BCUT2D eigenvalue weighted by molar-refractivity contribution is -0.137. The first-order valence-corrected chi connectivity index (χ1v) is 10.7. The summed E-state index contributed by atoms with van der Waals surface area (Å²) in [4.78, 5) is 29.8. The second-order valence-corrected chi connectivity index (χ2v) is 9.24. The van der Waals surface area contributed by atoms with Gasteiger partial charge < -0.3 is 10.0 Å². The Labute approximate surface area is 179 Å². The van der Waals surface area contributed by atoms with Gasteiger partial charge in [0.2, 0.25) is 0 Å². The van der Waals surface area contributed by atoms with Crippen LogP contribution in [0.15, 0.2) is 18.2 Å². The maximum Gasteiger partial charge on any atom is 0.416 e. The van der Waals surface area contributed by atoms with Gasteiger partial charge in [0.1, 0.15) is 0 Å². The highest BCUT2D eigenvalue weighted by Gasteiger charge is 2.43. The van der Waals surface area contributed by atoms with E-state index < -0.39 is 17.8 Å². The van der Waals surface area contributed by atoms with E-state index in [1.807, 2.05) is 0 Å². The maximum atomic E-state index is 13.1. The van der Waals surface area contributed by atoms with Gasteiger partial charge in [-0.05, 0) is 44.4 Å². The zero-order chi connectivity index (χ0) is 22.6. The molecule has 0 aromatic heterocycles.